The summed E-state index contributed by atoms with van der Waals surface area (Å²) >= 11 is 0. The van der Waals surface area contributed by atoms with Gasteiger partial charge in [0.25, 0.3) is 5.56 Å². The maximum Gasteiger partial charge on any atom is 0.251 e. The molecular formula is C18H22N4O3. The van der Waals surface area contributed by atoms with Gasteiger partial charge in [-0.3, -0.25) is 9.59 Å². The number of benzene rings is 1. The van der Waals surface area contributed by atoms with E-state index >= 15 is 0 Å². The molecule has 0 saturated carbocycles. The van der Waals surface area contributed by atoms with Gasteiger partial charge in [0.1, 0.15) is 5.82 Å². The molecular weight excluding hydrogens is 320 g/mol. The quantitative estimate of drug-likeness (QED) is 0.779. The molecule has 1 atom stereocenters. The summed E-state index contributed by atoms with van der Waals surface area (Å²) in [6, 6.07) is 8.04. The lowest BCUT2D eigenvalue weighted by molar-refractivity contribution is -0.119. The van der Waals surface area contributed by atoms with Gasteiger partial charge in [-0.15, -0.1) is 0 Å². The number of nitrogens with two attached hydrogens (primary N) is 1. The second-order valence-electron chi connectivity index (χ2n) is 6.28. The van der Waals surface area contributed by atoms with Crippen molar-refractivity contribution < 1.29 is 9.53 Å². The molecule has 1 amide bonds. The van der Waals surface area contributed by atoms with Crippen molar-refractivity contribution in [1.29, 1.82) is 0 Å². The van der Waals surface area contributed by atoms with Crippen LogP contribution in [0.2, 0.25) is 0 Å². The summed E-state index contributed by atoms with van der Waals surface area (Å²) < 4.78 is 5.30. The lowest BCUT2D eigenvalue weighted by Gasteiger charge is -2.26. The third-order valence-electron chi connectivity index (χ3n) is 4.37. The molecule has 1 saturated heterocycles. The Morgan fingerprint density at radius 3 is 2.64 bits per heavy atom. The highest BCUT2D eigenvalue weighted by molar-refractivity contribution is 5.95. The van der Waals surface area contributed by atoms with Crippen LogP contribution in [0.15, 0.2) is 35.1 Å². The number of carbonyl (C=O) groups is 1. The van der Waals surface area contributed by atoms with E-state index in [9.17, 15) is 9.59 Å². The topological polar surface area (TPSA) is 110 Å². The van der Waals surface area contributed by atoms with Crippen LogP contribution in [0.5, 0.6) is 0 Å². The molecule has 1 aliphatic rings. The van der Waals surface area contributed by atoms with Gasteiger partial charge in [0.2, 0.25) is 5.91 Å². The van der Waals surface area contributed by atoms with E-state index in [-0.39, 0.29) is 17.4 Å². The third-order valence-corrected chi connectivity index (χ3v) is 4.37. The number of carbonyl (C=O) groups excluding carboxylic acids is 1. The summed E-state index contributed by atoms with van der Waals surface area (Å²) in [6.07, 6.45) is 1.61. The largest absolute Gasteiger partial charge is 0.381 e. The Balaban J connectivity index is 1.67. The fourth-order valence-corrected chi connectivity index (χ4v) is 2.94. The first-order chi connectivity index (χ1) is 12.0. The van der Waals surface area contributed by atoms with Crippen molar-refractivity contribution in [2.24, 2.45) is 11.7 Å². The highest BCUT2D eigenvalue weighted by atomic mass is 16.5. The Bertz CT molecular complexity index is 795. The molecule has 1 aromatic heterocycles. The predicted octanol–water partition coefficient (Wildman–Crippen LogP) is 1.44. The number of rotatable bonds is 4. The maximum atomic E-state index is 12.3. The molecule has 1 unspecified atom stereocenters. The minimum absolute atomic E-state index is 0.148. The second kappa shape index (κ2) is 7.58. The Morgan fingerprint density at radius 2 is 2.00 bits per heavy atom. The van der Waals surface area contributed by atoms with E-state index in [1.165, 1.54) is 6.07 Å². The van der Waals surface area contributed by atoms with E-state index in [1.54, 1.807) is 31.2 Å². The summed E-state index contributed by atoms with van der Waals surface area (Å²) in [6.45, 7) is 3.08. The molecule has 2 aromatic rings. The third kappa shape index (κ3) is 4.32. The second-order valence-corrected chi connectivity index (χ2v) is 6.28. The lowest BCUT2D eigenvalue weighted by atomic mass is 9.92. The van der Waals surface area contributed by atoms with Crippen LogP contribution in [-0.2, 0) is 9.53 Å². The molecule has 25 heavy (non-hydrogen) atoms. The number of nitrogens with zero attached hydrogens (tertiary/aromatic N) is 1. The van der Waals surface area contributed by atoms with Crippen LogP contribution < -0.4 is 16.6 Å². The number of H-pyrrole nitrogens is 1. The summed E-state index contributed by atoms with van der Waals surface area (Å²) in [5.41, 5.74) is 7.97. The van der Waals surface area contributed by atoms with Gasteiger partial charge in [0, 0.05) is 36.2 Å². The highest BCUT2D eigenvalue weighted by Gasteiger charge is 2.26. The molecule has 7 nitrogen and oxygen atoms in total. The van der Waals surface area contributed by atoms with E-state index in [0.29, 0.717) is 30.4 Å². The summed E-state index contributed by atoms with van der Waals surface area (Å²) in [5, 5.41) is 2.84. The van der Waals surface area contributed by atoms with Crippen LogP contribution in [0.4, 0.5) is 5.69 Å². The normalized spacial score (nSPS) is 16.4. The fourth-order valence-electron chi connectivity index (χ4n) is 2.94. The molecule has 0 aliphatic carbocycles. The standard InChI is InChI=1S/C18H22N4O3/c1-11-10-15(23)22-17(20-11)13-2-4-14(5-3-13)21-18(24)16(19)12-6-8-25-9-7-12/h2-5,10,12,16H,6-9,19H2,1H3,(H,21,24)(H,20,22,23). The average Bonchev–Trinajstić information content (AvgIpc) is 2.61. The molecule has 7 heteroatoms. The summed E-state index contributed by atoms with van der Waals surface area (Å²) in [5.74, 6) is 0.457. The highest BCUT2D eigenvalue weighted by Crippen LogP contribution is 2.20. The number of hydrogen-bond acceptors (Lipinski definition) is 5. The van der Waals surface area contributed by atoms with E-state index < -0.39 is 6.04 Å². The zero-order valence-corrected chi connectivity index (χ0v) is 14.1. The maximum absolute atomic E-state index is 12.3. The molecule has 1 aliphatic heterocycles. The number of nitrogens with one attached hydrogen (secondary N) is 2. The number of ether oxygens (including phenoxy) is 1. The molecule has 132 valence electrons. The molecule has 1 aromatic carbocycles. The zero-order valence-electron chi connectivity index (χ0n) is 14.1. The zero-order chi connectivity index (χ0) is 17.8. The average molecular weight is 342 g/mol. The number of hydrogen-bond donors (Lipinski definition) is 3. The number of aromatic amines is 1. The van der Waals surface area contributed by atoms with Crippen LogP contribution in [-0.4, -0.2) is 35.1 Å². The Morgan fingerprint density at radius 1 is 1.32 bits per heavy atom. The number of aromatic nitrogens is 2. The van der Waals surface area contributed by atoms with Gasteiger partial charge >= 0.3 is 0 Å². The van der Waals surface area contributed by atoms with Gasteiger partial charge in [0.05, 0.1) is 6.04 Å². The Hall–Kier alpha value is -2.51. The SMILES string of the molecule is Cc1cc(=O)[nH]c(-c2ccc(NC(=O)C(N)C3CCOCC3)cc2)n1. The van der Waals surface area contributed by atoms with Gasteiger partial charge in [-0.2, -0.15) is 0 Å². The first-order valence-electron chi connectivity index (χ1n) is 8.35. The monoisotopic (exact) mass is 342 g/mol. The van der Waals surface area contributed by atoms with Crippen LogP contribution in [0.25, 0.3) is 11.4 Å². The fraction of sp³-hybridized carbons (Fsp3) is 0.389. The van der Waals surface area contributed by atoms with E-state index in [2.05, 4.69) is 15.3 Å². The number of aryl methyl sites for hydroxylation is 1. The van der Waals surface area contributed by atoms with Crippen molar-refractivity contribution in [3.8, 4) is 11.4 Å². The molecule has 2 heterocycles. The Labute approximate surface area is 145 Å². The van der Waals surface area contributed by atoms with Crippen LogP contribution in [0.3, 0.4) is 0 Å². The molecule has 1 fully saturated rings. The lowest BCUT2D eigenvalue weighted by Crippen LogP contribution is -2.43. The van der Waals surface area contributed by atoms with E-state index in [0.717, 1.165) is 18.4 Å². The van der Waals surface area contributed by atoms with Crippen molar-refractivity contribution in [2.45, 2.75) is 25.8 Å². The summed E-state index contributed by atoms with van der Waals surface area (Å²) in [4.78, 5) is 30.9. The van der Waals surface area contributed by atoms with Crippen molar-refractivity contribution in [2.75, 3.05) is 18.5 Å². The minimum atomic E-state index is -0.543. The first kappa shape index (κ1) is 17.3. The van der Waals surface area contributed by atoms with E-state index in [4.69, 9.17) is 10.5 Å². The van der Waals surface area contributed by atoms with E-state index in [1.807, 2.05) is 0 Å². The van der Waals surface area contributed by atoms with Crippen LogP contribution >= 0.6 is 0 Å². The number of amides is 1. The number of anilines is 1. The Kier molecular flexibility index (Phi) is 5.25. The van der Waals surface area contributed by atoms with Crippen molar-refractivity contribution in [3.63, 3.8) is 0 Å². The molecule has 0 spiro atoms. The van der Waals surface area contributed by atoms with Crippen molar-refractivity contribution in [1.82, 2.24) is 9.97 Å². The van der Waals surface area contributed by atoms with Crippen LogP contribution in [0, 0.1) is 12.8 Å². The van der Waals surface area contributed by atoms with Crippen molar-refractivity contribution in [3.05, 3.63) is 46.4 Å². The van der Waals surface area contributed by atoms with Crippen molar-refractivity contribution >= 4 is 11.6 Å². The molecule has 0 bridgehead atoms. The summed E-state index contributed by atoms with van der Waals surface area (Å²) in [7, 11) is 0. The van der Waals surface area contributed by atoms with Gasteiger partial charge in [-0.1, -0.05) is 0 Å². The predicted molar refractivity (Wildman–Crippen MR) is 95.2 cm³/mol. The first-order valence-corrected chi connectivity index (χ1v) is 8.35. The smallest absolute Gasteiger partial charge is 0.251 e. The van der Waals surface area contributed by atoms with Gasteiger partial charge in [-0.05, 0) is 49.9 Å². The molecule has 0 radical (unpaired) electrons. The molecule has 4 N–H and O–H groups in total. The molecule has 3 rings (SSSR count). The van der Waals surface area contributed by atoms with Crippen LogP contribution in [0.1, 0.15) is 18.5 Å². The van der Waals surface area contributed by atoms with Gasteiger partial charge in [0.15, 0.2) is 0 Å². The van der Waals surface area contributed by atoms with Gasteiger partial charge < -0.3 is 20.8 Å². The van der Waals surface area contributed by atoms with Gasteiger partial charge in [-0.25, -0.2) is 4.98 Å². The minimum Gasteiger partial charge on any atom is -0.381 e.